The Morgan fingerprint density at radius 3 is 2.61 bits per heavy atom. The number of fused-ring (bicyclic) bond motifs is 1. The Morgan fingerprint density at radius 2 is 2.00 bits per heavy atom. The number of halogens is 3. The first-order valence-corrected chi connectivity index (χ1v) is 10.6. The Balaban J connectivity index is 0.000000383. The van der Waals surface area contributed by atoms with Crippen molar-refractivity contribution in [2.24, 2.45) is 0 Å². The predicted molar refractivity (Wildman–Crippen MR) is 111 cm³/mol. The lowest BCUT2D eigenvalue weighted by Gasteiger charge is -2.35. The van der Waals surface area contributed by atoms with Gasteiger partial charge >= 0.3 is 12.1 Å². The van der Waals surface area contributed by atoms with Crippen molar-refractivity contribution in [1.29, 1.82) is 0 Å². The first kappa shape index (κ1) is 24.3. The molecule has 0 saturated heterocycles. The normalized spacial score (nSPS) is 17.9. The first-order valence-electron chi connectivity index (χ1n) is 10.6. The number of rotatable bonds is 4. The summed E-state index contributed by atoms with van der Waals surface area (Å²) in [5.74, 6) is -0.897. The molecule has 11 heteroatoms. The van der Waals surface area contributed by atoms with Crippen molar-refractivity contribution in [3.8, 4) is 5.75 Å². The molecular weight excluding hydrogens is 441 g/mol. The van der Waals surface area contributed by atoms with Gasteiger partial charge in [-0.3, -0.25) is 9.78 Å². The molecule has 0 fully saturated rings. The van der Waals surface area contributed by atoms with E-state index in [1.807, 2.05) is 23.2 Å². The zero-order valence-corrected chi connectivity index (χ0v) is 18.1. The zero-order chi connectivity index (χ0) is 24.0. The number of allylic oxidation sites excluding steroid dienone is 1. The van der Waals surface area contributed by atoms with E-state index < -0.39 is 12.1 Å². The van der Waals surface area contributed by atoms with Crippen molar-refractivity contribution in [3.63, 3.8) is 0 Å². The van der Waals surface area contributed by atoms with Crippen molar-refractivity contribution >= 4 is 11.9 Å². The molecule has 33 heavy (non-hydrogen) atoms. The van der Waals surface area contributed by atoms with E-state index >= 15 is 0 Å². The molecule has 0 saturated carbocycles. The third-order valence-corrected chi connectivity index (χ3v) is 5.46. The van der Waals surface area contributed by atoms with Gasteiger partial charge in [0.2, 0.25) is 5.91 Å². The van der Waals surface area contributed by atoms with Crippen molar-refractivity contribution in [1.82, 2.24) is 19.4 Å². The van der Waals surface area contributed by atoms with Crippen LogP contribution in [0.3, 0.4) is 0 Å². The SMILES string of the molecule is CC1c2ncc(COc3cccnc3)n2CCN1C(=O)C1=CCCCC1.O=C(O)C(F)(F)F. The number of carbonyl (C=O) groups excluding carboxylic acids is 1. The number of nitrogens with zero attached hydrogens (tertiary/aromatic N) is 4. The molecule has 2 aromatic heterocycles. The molecule has 1 unspecified atom stereocenters. The molecule has 3 heterocycles. The van der Waals surface area contributed by atoms with Gasteiger partial charge in [-0.25, -0.2) is 9.78 Å². The second-order valence-electron chi connectivity index (χ2n) is 7.69. The lowest BCUT2D eigenvalue weighted by molar-refractivity contribution is -0.192. The van der Waals surface area contributed by atoms with Crippen molar-refractivity contribution < 1.29 is 32.6 Å². The maximum Gasteiger partial charge on any atom is 0.490 e. The fourth-order valence-electron chi connectivity index (χ4n) is 3.76. The highest BCUT2D eigenvalue weighted by molar-refractivity contribution is 5.93. The number of amides is 1. The molecule has 0 spiro atoms. The van der Waals surface area contributed by atoms with E-state index in [0.717, 1.165) is 48.6 Å². The average Bonchev–Trinajstić information content (AvgIpc) is 3.22. The minimum atomic E-state index is -5.08. The van der Waals surface area contributed by atoms with Gasteiger partial charge in [0.25, 0.3) is 0 Å². The molecule has 1 amide bonds. The molecule has 1 aliphatic carbocycles. The van der Waals surface area contributed by atoms with Crippen LogP contribution < -0.4 is 4.74 Å². The van der Waals surface area contributed by atoms with Crippen molar-refractivity contribution in [3.05, 3.63) is 53.9 Å². The molecular formula is C22H25F3N4O4. The van der Waals surface area contributed by atoms with Gasteiger partial charge in [0, 0.05) is 24.9 Å². The van der Waals surface area contributed by atoms with Crippen LogP contribution in [0.4, 0.5) is 13.2 Å². The summed E-state index contributed by atoms with van der Waals surface area (Å²) in [7, 11) is 0. The van der Waals surface area contributed by atoms with Gasteiger partial charge < -0.3 is 19.3 Å². The molecule has 178 valence electrons. The highest BCUT2D eigenvalue weighted by atomic mass is 19.4. The Hall–Kier alpha value is -3.37. The van der Waals surface area contributed by atoms with Gasteiger partial charge in [-0.2, -0.15) is 13.2 Å². The van der Waals surface area contributed by atoms with Gasteiger partial charge in [0.15, 0.2) is 0 Å². The highest BCUT2D eigenvalue weighted by Crippen LogP contribution is 2.29. The maximum atomic E-state index is 12.9. The average molecular weight is 466 g/mol. The monoisotopic (exact) mass is 466 g/mol. The van der Waals surface area contributed by atoms with Gasteiger partial charge in [-0.15, -0.1) is 0 Å². The molecule has 1 atom stereocenters. The summed E-state index contributed by atoms with van der Waals surface area (Å²) in [4.78, 5) is 32.4. The lowest BCUT2D eigenvalue weighted by atomic mass is 9.98. The van der Waals surface area contributed by atoms with E-state index in [4.69, 9.17) is 14.6 Å². The second kappa shape index (κ2) is 10.5. The molecule has 2 aromatic rings. The van der Waals surface area contributed by atoms with E-state index in [9.17, 15) is 18.0 Å². The minimum absolute atomic E-state index is 0.0220. The summed E-state index contributed by atoms with van der Waals surface area (Å²) in [5, 5.41) is 7.12. The Labute approximate surface area is 188 Å². The Bertz CT molecular complexity index is 1000. The number of carboxylic acids is 1. The van der Waals surface area contributed by atoms with E-state index in [1.54, 1.807) is 12.4 Å². The summed E-state index contributed by atoms with van der Waals surface area (Å²) < 4.78 is 39.7. The van der Waals surface area contributed by atoms with Crippen LogP contribution in [0.1, 0.15) is 50.2 Å². The molecule has 1 N–H and O–H groups in total. The van der Waals surface area contributed by atoms with Crippen LogP contribution in [0.15, 0.2) is 42.4 Å². The topological polar surface area (TPSA) is 97.6 Å². The van der Waals surface area contributed by atoms with Gasteiger partial charge in [-0.05, 0) is 44.7 Å². The Kier molecular flexibility index (Phi) is 7.72. The van der Waals surface area contributed by atoms with Crippen LogP contribution in [0.25, 0.3) is 0 Å². The summed E-state index contributed by atoms with van der Waals surface area (Å²) in [6.45, 7) is 3.97. The number of hydrogen-bond donors (Lipinski definition) is 1. The number of aliphatic carboxylic acids is 1. The number of carbonyl (C=O) groups is 2. The summed E-state index contributed by atoms with van der Waals surface area (Å²) in [6.07, 6.45) is 6.55. The number of hydrogen-bond acceptors (Lipinski definition) is 5. The quantitative estimate of drug-likeness (QED) is 0.734. The van der Waals surface area contributed by atoms with Gasteiger partial charge in [0.1, 0.15) is 18.2 Å². The highest BCUT2D eigenvalue weighted by Gasteiger charge is 2.38. The smallest absolute Gasteiger partial charge is 0.486 e. The number of carboxylic acid groups (broad SMARTS) is 1. The first-order chi connectivity index (χ1) is 15.7. The largest absolute Gasteiger partial charge is 0.490 e. The zero-order valence-electron chi connectivity index (χ0n) is 18.1. The van der Waals surface area contributed by atoms with Crippen molar-refractivity contribution in [2.45, 2.75) is 58.0 Å². The van der Waals surface area contributed by atoms with Crippen molar-refractivity contribution in [2.75, 3.05) is 6.54 Å². The predicted octanol–water partition coefficient (Wildman–Crippen LogP) is 3.89. The number of ether oxygens (including phenoxy) is 1. The van der Waals surface area contributed by atoms with Crippen LogP contribution in [0, 0.1) is 0 Å². The van der Waals surface area contributed by atoms with Gasteiger partial charge in [0.05, 0.1) is 24.1 Å². The second-order valence-corrected chi connectivity index (χ2v) is 7.69. The van der Waals surface area contributed by atoms with E-state index in [2.05, 4.69) is 27.5 Å². The number of aromatic nitrogens is 3. The molecule has 1 aliphatic heterocycles. The summed E-state index contributed by atoms with van der Waals surface area (Å²) >= 11 is 0. The van der Waals surface area contributed by atoms with E-state index in [-0.39, 0.29) is 11.9 Å². The molecule has 0 aromatic carbocycles. The molecule has 4 rings (SSSR count). The summed E-state index contributed by atoms with van der Waals surface area (Å²) in [5.41, 5.74) is 2.00. The van der Waals surface area contributed by atoms with Crippen LogP contribution >= 0.6 is 0 Å². The van der Waals surface area contributed by atoms with Crippen LogP contribution in [0.5, 0.6) is 5.75 Å². The molecule has 2 aliphatic rings. The lowest BCUT2D eigenvalue weighted by Crippen LogP contribution is -2.42. The van der Waals surface area contributed by atoms with Crippen LogP contribution in [0.2, 0.25) is 0 Å². The number of imidazole rings is 1. The third kappa shape index (κ3) is 6.11. The Morgan fingerprint density at radius 1 is 1.24 bits per heavy atom. The summed E-state index contributed by atoms with van der Waals surface area (Å²) in [6, 6.07) is 3.72. The number of pyridine rings is 1. The molecule has 0 bridgehead atoms. The van der Waals surface area contributed by atoms with Gasteiger partial charge in [-0.1, -0.05) is 6.08 Å². The van der Waals surface area contributed by atoms with E-state index in [0.29, 0.717) is 13.2 Å². The number of alkyl halides is 3. The van der Waals surface area contributed by atoms with E-state index in [1.165, 1.54) is 6.42 Å². The molecule has 0 radical (unpaired) electrons. The standard InChI is InChI=1S/C20H24N4O2.C2HF3O2/c1-15-19-22-12-17(14-26-18-8-5-9-21-13-18)24(19)11-10-23(15)20(25)16-6-3-2-4-7-16;3-2(4,5)1(6)7/h5-6,8-9,12-13,15H,2-4,7,10-11,14H2,1H3;(H,6,7). The fourth-order valence-corrected chi connectivity index (χ4v) is 3.76. The van der Waals surface area contributed by atoms with Crippen LogP contribution in [-0.4, -0.2) is 49.1 Å². The maximum absolute atomic E-state index is 12.9. The van der Waals surface area contributed by atoms with Crippen LogP contribution in [-0.2, 0) is 22.7 Å². The third-order valence-electron chi connectivity index (χ3n) is 5.46. The minimum Gasteiger partial charge on any atom is -0.486 e. The molecule has 8 nitrogen and oxygen atoms in total. The fraction of sp³-hybridized carbons (Fsp3) is 0.455.